The first kappa shape index (κ1) is 19.4. The molecule has 0 radical (unpaired) electrons. The molecule has 1 aliphatic heterocycles. The average molecular weight is 390 g/mol. The first-order valence-corrected chi connectivity index (χ1v) is 10.3. The van der Waals surface area contributed by atoms with Gasteiger partial charge in [-0.1, -0.05) is 44.2 Å². The van der Waals surface area contributed by atoms with Crippen molar-refractivity contribution in [3.8, 4) is 11.1 Å². The van der Waals surface area contributed by atoms with E-state index in [1.165, 1.54) is 0 Å². The van der Waals surface area contributed by atoms with Crippen molar-refractivity contribution in [1.82, 2.24) is 10.2 Å². The lowest BCUT2D eigenvalue weighted by Gasteiger charge is -2.29. The molecule has 1 N–H and O–H groups in total. The summed E-state index contributed by atoms with van der Waals surface area (Å²) in [6.07, 6.45) is 2.00. The Morgan fingerprint density at radius 1 is 1.03 bits per heavy atom. The van der Waals surface area contributed by atoms with E-state index in [1.807, 2.05) is 56.0 Å². The summed E-state index contributed by atoms with van der Waals surface area (Å²) in [4.78, 5) is 40.5. The van der Waals surface area contributed by atoms with Crippen LogP contribution < -0.4 is 5.32 Å². The first-order valence-electron chi connectivity index (χ1n) is 10.3. The molecule has 2 aromatic carbocycles. The summed E-state index contributed by atoms with van der Waals surface area (Å²) < 4.78 is 0. The van der Waals surface area contributed by atoms with E-state index in [1.54, 1.807) is 12.1 Å². The van der Waals surface area contributed by atoms with Crippen molar-refractivity contribution in [2.75, 3.05) is 6.54 Å². The van der Waals surface area contributed by atoms with Crippen molar-refractivity contribution >= 4 is 17.6 Å². The third kappa shape index (κ3) is 3.35. The third-order valence-corrected chi connectivity index (χ3v) is 6.04. The number of nitrogens with zero attached hydrogens (tertiary/aromatic N) is 1. The van der Waals surface area contributed by atoms with Crippen LogP contribution in [-0.2, 0) is 4.79 Å². The van der Waals surface area contributed by atoms with Crippen molar-refractivity contribution in [3.05, 3.63) is 59.2 Å². The molecule has 1 saturated heterocycles. The van der Waals surface area contributed by atoms with Gasteiger partial charge in [-0.05, 0) is 48.9 Å². The number of hydrogen-bond acceptors (Lipinski definition) is 3. The van der Waals surface area contributed by atoms with E-state index in [-0.39, 0.29) is 29.6 Å². The number of rotatable bonds is 4. The van der Waals surface area contributed by atoms with Crippen molar-refractivity contribution in [3.63, 3.8) is 0 Å². The quantitative estimate of drug-likeness (QED) is 0.739. The minimum atomic E-state index is -0.579. The van der Waals surface area contributed by atoms with Crippen LogP contribution in [0.4, 0.5) is 0 Å². The molecule has 2 amide bonds. The molecule has 0 aromatic heterocycles. The van der Waals surface area contributed by atoms with Crippen molar-refractivity contribution in [2.45, 2.75) is 45.7 Å². The molecule has 0 spiro atoms. The summed E-state index contributed by atoms with van der Waals surface area (Å²) in [5, 5.41) is 2.92. The summed E-state index contributed by atoms with van der Waals surface area (Å²) in [5.41, 5.74) is 3.36. The molecule has 1 aliphatic carbocycles. The molecule has 0 bridgehead atoms. The summed E-state index contributed by atoms with van der Waals surface area (Å²) in [5.74, 6) is -0.439. The van der Waals surface area contributed by atoms with Gasteiger partial charge in [0.25, 0.3) is 5.91 Å². The Balaban J connectivity index is 1.57. The number of benzene rings is 2. The van der Waals surface area contributed by atoms with Gasteiger partial charge < -0.3 is 10.2 Å². The zero-order chi connectivity index (χ0) is 20.7. The van der Waals surface area contributed by atoms with Crippen LogP contribution in [0.15, 0.2) is 42.5 Å². The van der Waals surface area contributed by atoms with E-state index in [0.717, 1.165) is 30.5 Å². The number of amides is 2. The molecule has 5 heteroatoms. The number of likely N-dealkylation sites (tertiary alicyclic amines) is 1. The Bertz CT molecular complexity index is 995. The lowest BCUT2D eigenvalue weighted by Crippen LogP contribution is -2.52. The highest BCUT2D eigenvalue weighted by atomic mass is 16.2. The number of carbonyl (C=O) groups excluding carboxylic acids is 3. The Labute approximate surface area is 171 Å². The Kier molecular flexibility index (Phi) is 4.99. The normalized spacial score (nSPS) is 18.6. The van der Waals surface area contributed by atoms with E-state index in [2.05, 4.69) is 5.32 Å². The topological polar surface area (TPSA) is 66.5 Å². The van der Waals surface area contributed by atoms with Gasteiger partial charge in [0.05, 0.1) is 0 Å². The van der Waals surface area contributed by atoms with E-state index >= 15 is 0 Å². The van der Waals surface area contributed by atoms with Crippen LogP contribution in [0.25, 0.3) is 11.1 Å². The van der Waals surface area contributed by atoms with Crippen LogP contribution >= 0.6 is 0 Å². The maximum absolute atomic E-state index is 13.0. The molecule has 2 unspecified atom stereocenters. The third-order valence-electron chi connectivity index (χ3n) is 6.04. The van der Waals surface area contributed by atoms with Gasteiger partial charge >= 0.3 is 0 Å². The van der Waals surface area contributed by atoms with E-state index in [0.29, 0.717) is 16.7 Å². The molecule has 4 rings (SSSR count). The van der Waals surface area contributed by atoms with Crippen LogP contribution in [0, 0.1) is 5.92 Å². The number of carbonyl (C=O) groups is 3. The summed E-state index contributed by atoms with van der Waals surface area (Å²) >= 11 is 0. The number of ketones is 1. The fourth-order valence-corrected chi connectivity index (χ4v) is 4.35. The second-order valence-corrected chi connectivity index (χ2v) is 8.35. The number of nitrogens with one attached hydrogen (secondary N) is 1. The van der Waals surface area contributed by atoms with Crippen molar-refractivity contribution in [1.29, 1.82) is 0 Å². The second kappa shape index (κ2) is 7.47. The summed E-state index contributed by atoms with van der Waals surface area (Å²) in [6.45, 7) is 6.66. The largest absolute Gasteiger partial charge is 0.340 e. The highest BCUT2D eigenvalue weighted by Gasteiger charge is 2.34. The van der Waals surface area contributed by atoms with Gasteiger partial charge in [0.1, 0.15) is 6.04 Å². The first-order chi connectivity index (χ1) is 13.9. The highest BCUT2D eigenvalue weighted by Crippen LogP contribution is 2.36. The maximum atomic E-state index is 13.0. The Hall–Kier alpha value is -2.95. The van der Waals surface area contributed by atoms with Crippen LogP contribution in [0.1, 0.15) is 59.9 Å². The van der Waals surface area contributed by atoms with Gasteiger partial charge in [-0.2, -0.15) is 0 Å². The van der Waals surface area contributed by atoms with Gasteiger partial charge in [0.2, 0.25) is 5.91 Å². The lowest BCUT2D eigenvalue weighted by atomic mass is 10.00. The SMILES string of the molecule is CC(C)C(NC(=O)c1ccc2c(c1)C(=O)c1ccccc1-2)C(=O)N1CCCC1C. The monoisotopic (exact) mass is 390 g/mol. The Morgan fingerprint density at radius 2 is 1.72 bits per heavy atom. The molecule has 29 heavy (non-hydrogen) atoms. The minimum Gasteiger partial charge on any atom is -0.340 e. The molecule has 150 valence electrons. The van der Waals surface area contributed by atoms with Gasteiger partial charge in [-0.25, -0.2) is 0 Å². The summed E-state index contributed by atoms with van der Waals surface area (Å²) in [7, 11) is 0. The minimum absolute atomic E-state index is 0.0250. The fourth-order valence-electron chi connectivity index (χ4n) is 4.35. The molecule has 2 aromatic rings. The van der Waals surface area contributed by atoms with Gasteiger partial charge in [-0.3, -0.25) is 14.4 Å². The van der Waals surface area contributed by atoms with Crippen LogP contribution in [0.2, 0.25) is 0 Å². The van der Waals surface area contributed by atoms with E-state index in [9.17, 15) is 14.4 Å². The molecular weight excluding hydrogens is 364 g/mol. The molecule has 2 aliphatic rings. The molecule has 1 fully saturated rings. The fraction of sp³-hybridized carbons (Fsp3) is 0.375. The zero-order valence-electron chi connectivity index (χ0n) is 17.1. The zero-order valence-corrected chi connectivity index (χ0v) is 17.1. The molecular formula is C24H26N2O3. The van der Waals surface area contributed by atoms with Crippen molar-refractivity contribution < 1.29 is 14.4 Å². The van der Waals surface area contributed by atoms with E-state index in [4.69, 9.17) is 0 Å². The van der Waals surface area contributed by atoms with Crippen molar-refractivity contribution in [2.24, 2.45) is 5.92 Å². The predicted octanol–water partition coefficient (Wildman–Crippen LogP) is 3.66. The second-order valence-electron chi connectivity index (χ2n) is 8.35. The number of fused-ring (bicyclic) bond motifs is 3. The van der Waals surface area contributed by atoms with Gasteiger partial charge in [0.15, 0.2) is 5.78 Å². The lowest BCUT2D eigenvalue weighted by molar-refractivity contribution is -0.134. The standard InChI is InChI=1S/C24H26N2O3/c1-14(2)21(24(29)26-12-6-7-15(26)3)25-23(28)16-10-11-18-17-8-4-5-9-19(17)22(27)20(18)13-16/h4-5,8-11,13-15,21H,6-7,12H2,1-3H3,(H,25,28). The van der Waals surface area contributed by atoms with Crippen LogP contribution in [-0.4, -0.2) is 41.1 Å². The van der Waals surface area contributed by atoms with Crippen LogP contribution in [0.5, 0.6) is 0 Å². The maximum Gasteiger partial charge on any atom is 0.251 e. The molecule has 2 atom stereocenters. The van der Waals surface area contributed by atoms with E-state index < -0.39 is 6.04 Å². The highest BCUT2D eigenvalue weighted by molar-refractivity contribution is 6.22. The number of hydrogen-bond donors (Lipinski definition) is 1. The van der Waals surface area contributed by atoms with Gasteiger partial charge in [-0.15, -0.1) is 0 Å². The predicted molar refractivity (Wildman–Crippen MR) is 112 cm³/mol. The summed E-state index contributed by atoms with van der Waals surface area (Å²) in [6, 6.07) is 12.3. The molecule has 1 heterocycles. The smallest absolute Gasteiger partial charge is 0.251 e. The molecule has 5 nitrogen and oxygen atoms in total. The average Bonchev–Trinajstić information content (AvgIpc) is 3.27. The van der Waals surface area contributed by atoms with Gasteiger partial charge in [0, 0.05) is 29.3 Å². The van der Waals surface area contributed by atoms with Crippen LogP contribution in [0.3, 0.4) is 0 Å². The molecule has 0 saturated carbocycles. The Morgan fingerprint density at radius 3 is 2.38 bits per heavy atom.